The molecule has 1 fully saturated rings. The quantitative estimate of drug-likeness (QED) is 0.720. The van der Waals surface area contributed by atoms with Crippen molar-refractivity contribution in [1.29, 1.82) is 0 Å². The molecule has 0 spiro atoms. The summed E-state index contributed by atoms with van der Waals surface area (Å²) >= 11 is 0. The molecule has 1 aliphatic rings. The van der Waals surface area contributed by atoms with Gasteiger partial charge >= 0.3 is 0 Å². The number of anilines is 1. The number of benzene rings is 2. The Balaban J connectivity index is 1.66. The molecular weight excluding hydrogens is 421 g/mol. The number of piperidine rings is 1. The fourth-order valence-electron chi connectivity index (χ4n) is 3.38. The molecule has 30 heavy (non-hydrogen) atoms. The van der Waals surface area contributed by atoms with E-state index in [9.17, 15) is 26.4 Å². The smallest absolute Gasteiger partial charge is 0.243 e. The molecular formula is C20H21F3N2O4S. The van der Waals surface area contributed by atoms with Gasteiger partial charge < -0.3 is 10.1 Å². The van der Waals surface area contributed by atoms with Crippen LogP contribution in [0.15, 0.2) is 35.2 Å². The average molecular weight is 442 g/mol. The highest BCUT2D eigenvalue weighted by Crippen LogP contribution is 2.28. The number of hydrogen-bond donors (Lipinski definition) is 1. The molecule has 1 saturated heterocycles. The first-order valence-electron chi connectivity index (χ1n) is 9.24. The molecule has 1 N–H and O–H groups in total. The van der Waals surface area contributed by atoms with Crippen LogP contribution in [0.1, 0.15) is 18.4 Å². The zero-order valence-electron chi connectivity index (χ0n) is 16.4. The Labute approximate surface area is 172 Å². The van der Waals surface area contributed by atoms with E-state index in [1.807, 2.05) is 0 Å². The lowest BCUT2D eigenvalue weighted by Crippen LogP contribution is -2.41. The van der Waals surface area contributed by atoms with Gasteiger partial charge in [0.2, 0.25) is 15.9 Å². The van der Waals surface area contributed by atoms with Gasteiger partial charge in [0.1, 0.15) is 5.75 Å². The molecule has 0 bridgehead atoms. The minimum atomic E-state index is -3.74. The molecule has 1 heterocycles. The Bertz CT molecular complexity index is 1070. The van der Waals surface area contributed by atoms with Crippen LogP contribution < -0.4 is 10.1 Å². The summed E-state index contributed by atoms with van der Waals surface area (Å²) < 4.78 is 72.3. The summed E-state index contributed by atoms with van der Waals surface area (Å²) in [4.78, 5) is 12.5. The number of hydrogen-bond acceptors (Lipinski definition) is 4. The van der Waals surface area contributed by atoms with Crippen molar-refractivity contribution in [2.24, 2.45) is 5.92 Å². The number of rotatable bonds is 5. The molecule has 2 aromatic rings. The zero-order valence-corrected chi connectivity index (χ0v) is 17.2. The minimum absolute atomic E-state index is 0.103. The second-order valence-corrected chi connectivity index (χ2v) is 8.96. The van der Waals surface area contributed by atoms with Crippen LogP contribution in [-0.4, -0.2) is 38.8 Å². The highest BCUT2D eigenvalue weighted by atomic mass is 32.2. The summed E-state index contributed by atoms with van der Waals surface area (Å²) in [5.74, 6) is -5.06. The molecule has 162 valence electrons. The molecule has 1 aliphatic heterocycles. The number of carbonyl (C=O) groups is 1. The van der Waals surface area contributed by atoms with Crippen LogP contribution in [0.5, 0.6) is 5.75 Å². The van der Waals surface area contributed by atoms with Crippen molar-refractivity contribution < 1.29 is 31.1 Å². The largest absolute Gasteiger partial charge is 0.496 e. The topological polar surface area (TPSA) is 75.7 Å². The number of ether oxygens (including phenoxy) is 1. The van der Waals surface area contributed by atoms with E-state index in [0.717, 1.165) is 12.1 Å². The fourth-order valence-corrected chi connectivity index (χ4v) is 4.93. The summed E-state index contributed by atoms with van der Waals surface area (Å²) in [6.45, 7) is 1.95. The Morgan fingerprint density at radius 1 is 1.10 bits per heavy atom. The van der Waals surface area contributed by atoms with E-state index in [1.165, 1.54) is 23.5 Å². The van der Waals surface area contributed by atoms with Crippen molar-refractivity contribution in [2.75, 3.05) is 25.5 Å². The minimum Gasteiger partial charge on any atom is -0.496 e. The standard InChI is InChI=1S/C20H21F3N2O4S/c1-12-11-14(3-6-17(12)29-2)30(27,28)25-9-7-13(8-10-25)20(26)24-16-5-4-15(21)18(22)19(16)23/h3-6,11,13H,7-10H2,1-2H3,(H,24,26). The first-order chi connectivity index (χ1) is 14.1. The van der Waals surface area contributed by atoms with Crippen molar-refractivity contribution in [1.82, 2.24) is 4.31 Å². The number of carbonyl (C=O) groups excluding carboxylic acids is 1. The molecule has 2 aromatic carbocycles. The van der Waals surface area contributed by atoms with Gasteiger partial charge in [-0.05, 0) is 55.7 Å². The second kappa shape index (κ2) is 8.65. The Morgan fingerprint density at radius 2 is 1.77 bits per heavy atom. The van der Waals surface area contributed by atoms with Crippen LogP contribution in [-0.2, 0) is 14.8 Å². The number of methoxy groups -OCH3 is 1. The van der Waals surface area contributed by atoms with Crippen LogP contribution in [0.3, 0.4) is 0 Å². The number of sulfonamides is 1. The predicted octanol–water partition coefficient (Wildman–Crippen LogP) is 3.46. The maximum absolute atomic E-state index is 13.8. The monoisotopic (exact) mass is 442 g/mol. The molecule has 0 unspecified atom stereocenters. The Morgan fingerprint density at radius 3 is 2.37 bits per heavy atom. The molecule has 0 aliphatic carbocycles. The number of aryl methyl sites for hydroxylation is 1. The molecule has 0 saturated carbocycles. The van der Waals surface area contributed by atoms with Gasteiger partial charge in [0.15, 0.2) is 17.5 Å². The van der Waals surface area contributed by atoms with Crippen molar-refractivity contribution in [3.05, 3.63) is 53.3 Å². The molecule has 0 atom stereocenters. The number of nitrogens with one attached hydrogen (secondary N) is 1. The lowest BCUT2D eigenvalue weighted by molar-refractivity contribution is -0.120. The summed E-state index contributed by atoms with van der Waals surface area (Å²) in [7, 11) is -2.24. The van der Waals surface area contributed by atoms with Crippen LogP contribution in [0.2, 0.25) is 0 Å². The van der Waals surface area contributed by atoms with Gasteiger partial charge in [0.25, 0.3) is 0 Å². The molecule has 1 amide bonds. The summed E-state index contributed by atoms with van der Waals surface area (Å²) in [5, 5.41) is 2.25. The van der Waals surface area contributed by atoms with Crippen LogP contribution >= 0.6 is 0 Å². The third kappa shape index (κ3) is 4.29. The predicted molar refractivity (Wildman–Crippen MR) is 104 cm³/mol. The Hall–Kier alpha value is -2.59. The van der Waals surface area contributed by atoms with Gasteiger partial charge in [-0.1, -0.05) is 0 Å². The van der Waals surface area contributed by atoms with E-state index >= 15 is 0 Å². The van der Waals surface area contributed by atoms with Crippen LogP contribution in [0.25, 0.3) is 0 Å². The van der Waals surface area contributed by atoms with Crippen molar-refractivity contribution in [2.45, 2.75) is 24.7 Å². The molecule has 3 rings (SSSR count). The van der Waals surface area contributed by atoms with Gasteiger partial charge in [-0.2, -0.15) is 4.31 Å². The first kappa shape index (κ1) is 22.1. The molecule has 6 nitrogen and oxygen atoms in total. The lowest BCUT2D eigenvalue weighted by Gasteiger charge is -2.30. The molecule has 0 aromatic heterocycles. The zero-order chi connectivity index (χ0) is 22.1. The van der Waals surface area contributed by atoms with Crippen LogP contribution in [0.4, 0.5) is 18.9 Å². The molecule has 10 heteroatoms. The Kier molecular flexibility index (Phi) is 6.37. The summed E-state index contributed by atoms with van der Waals surface area (Å²) in [5.41, 5.74) is 0.226. The van der Waals surface area contributed by atoms with Crippen molar-refractivity contribution in [3.8, 4) is 5.75 Å². The summed E-state index contributed by atoms with van der Waals surface area (Å²) in [6.07, 6.45) is 0.428. The van der Waals surface area contributed by atoms with Gasteiger partial charge in [-0.3, -0.25) is 4.79 Å². The van der Waals surface area contributed by atoms with E-state index in [0.29, 0.717) is 11.3 Å². The van der Waals surface area contributed by atoms with Gasteiger partial charge in [0.05, 0.1) is 17.7 Å². The van der Waals surface area contributed by atoms with E-state index < -0.39 is 45.0 Å². The van der Waals surface area contributed by atoms with Crippen molar-refractivity contribution in [3.63, 3.8) is 0 Å². The molecule has 0 radical (unpaired) electrons. The van der Waals surface area contributed by atoms with Gasteiger partial charge in [0, 0.05) is 19.0 Å². The van der Waals surface area contributed by atoms with E-state index in [4.69, 9.17) is 4.74 Å². The first-order valence-corrected chi connectivity index (χ1v) is 10.7. The lowest BCUT2D eigenvalue weighted by atomic mass is 9.97. The normalized spacial score (nSPS) is 15.8. The van der Waals surface area contributed by atoms with Crippen LogP contribution in [0, 0.1) is 30.3 Å². The second-order valence-electron chi connectivity index (χ2n) is 7.02. The SMILES string of the molecule is COc1ccc(S(=O)(=O)N2CCC(C(=O)Nc3ccc(F)c(F)c3F)CC2)cc1C. The summed E-state index contributed by atoms with van der Waals surface area (Å²) in [6, 6.07) is 6.24. The highest BCUT2D eigenvalue weighted by molar-refractivity contribution is 7.89. The maximum atomic E-state index is 13.8. The number of halogens is 3. The van der Waals surface area contributed by atoms with Gasteiger partial charge in [-0.15, -0.1) is 0 Å². The maximum Gasteiger partial charge on any atom is 0.243 e. The third-order valence-corrected chi connectivity index (χ3v) is 7.02. The fraction of sp³-hybridized carbons (Fsp3) is 0.350. The third-order valence-electron chi connectivity index (χ3n) is 5.12. The van der Waals surface area contributed by atoms with E-state index in [-0.39, 0.29) is 30.8 Å². The number of nitrogens with zero attached hydrogens (tertiary/aromatic N) is 1. The van der Waals surface area contributed by atoms with Crippen molar-refractivity contribution >= 4 is 21.6 Å². The average Bonchev–Trinajstić information content (AvgIpc) is 2.74. The van der Waals surface area contributed by atoms with Gasteiger partial charge in [-0.25, -0.2) is 21.6 Å². The number of amides is 1. The van der Waals surface area contributed by atoms with E-state index in [2.05, 4.69) is 5.32 Å². The van der Waals surface area contributed by atoms with E-state index in [1.54, 1.807) is 13.0 Å². The highest BCUT2D eigenvalue weighted by Gasteiger charge is 2.32.